The molecule has 3 rings (SSSR count). The molecule has 0 radical (unpaired) electrons. The molecule has 4 nitrogen and oxygen atoms in total. The molecule has 1 heterocycles. The molecule has 2 aromatic rings. The van der Waals surface area contributed by atoms with Crippen LogP contribution in [0.2, 0.25) is 0 Å². The monoisotopic (exact) mass is 360 g/mol. The van der Waals surface area contributed by atoms with Crippen molar-refractivity contribution in [2.75, 3.05) is 5.43 Å². The first-order valence-corrected chi connectivity index (χ1v) is 8.57. The van der Waals surface area contributed by atoms with E-state index in [1.165, 1.54) is 12.1 Å². The molecule has 2 aromatic carbocycles. The van der Waals surface area contributed by atoms with Gasteiger partial charge in [-0.1, -0.05) is 18.2 Å². The van der Waals surface area contributed by atoms with E-state index in [1.807, 2.05) is 58.0 Å². The van der Waals surface area contributed by atoms with Gasteiger partial charge in [-0.2, -0.15) is 0 Å². The van der Waals surface area contributed by atoms with Gasteiger partial charge in [0.25, 0.3) is 0 Å². The van der Waals surface area contributed by atoms with Gasteiger partial charge >= 0.3 is 7.12 Å². The summed E-state index contributed by atoms with van der Waals surface area (Å²) in [5.41, 5.74) is 5.76. The maximum Gasteiger partial charge on any atom is 0.500 e. The topological polar surface area (TPSA) is 42.5 Å². The maximum absolute atomic E-state index is 14.6. The molecule has 138 valence electrons. The van der Waals surface area contributed by atoms with E-state index in [1.54, 1.807) is 0 Å². The average molecular weight is 360 g/mol. The van der Waals surface area contributed by atoms with E-state index in [0.29, 0.717) is 5.56 Å². The Bertz CT molecular complexity index is 745. The van der Waals surface area contributed by atoms with E-state index < -0.39 is 30.0 Å². The number of anilines is 1. The Labute approximate surface area is 153 Å². The highest BCUT2D eigenvalue weighted by Gasteiger charge is 2.53. The van der Waals surface area contributed by atoms with E-state index in [-0.39, 0.29) is 12.0 Å². The number of hydrogen-bond acceptors (Lipinski definition) is 4. The zero-order valence-electron chi connectivity index (χ0n) is 15.4. The predicted octanol–water partition coefficient (Wildman–Crippen LogP) is 3.38. The summed E-state index contributed by atoms with van der Waals surface area (Å²) in [5.74, 6) is -1.36. The van der Waals surface area contributed by atoms with Crippen LogP contribution >= 0.6 is 0 Å². The van der Waals surface area contributed by atoms with Crippen molar-refractivity contribution in [3.05, 3.63) is 59.7 Å². The van der Waals surface area contributed by atoms with Gasteiger partial charge in [0.1, 0.15) is 11.6 Å². The fourth-order valence-electron chi connectivity index (χ4n) is 2.69. The van der Waals surface area contributed by atoms with Crippen molar-refractivity contribution in [2.45, 2.75) is 45.4 Å². The smallest absolute Gasteiger partial charge is 0.399 e. The van der Waals surface area contributed by atoms with E-state index in [4.69, 9.17) is 9.31 Å². The molecule has 0 amide bonds. The second kappa shape index (κ2) is 6.98. The molecule has 0 unspecified atom stereocenters. The Morgan fingerprint density at radius 2 is 1.46 bits per heavy atom. The number of rotatable bonds is 5. The van der Waals surface area contributed by atoms with Gasteiger partial charge in [0.15, 0.2) is 0 Å². The molecule has 0 atom stereocenters. The molecule has 1 aliphatic heterocycles. The molecular formula is C19H23BF2N2O2. The molecule has 0 bridgehead atoms. The average Bonchev–Trinajstić information content (AvgIpc) is 2.75. The van der Waals surface area contributed by atoms with E-state index >= 15 is 0 Å². The highest BCUT2D eigenvalue weighted by Crippen LogP contribution is 2.36. The Kier molecular flexibility index (Phi) is 5.06. The lowest BCUT2D eigenvalue weighted by atomic mass is 9.77. The molecule has 0 aromatic heterocycles. The Hall–Kier alpha value is -1.96. The SMILES string of the molecule is CC1(C)OB(c2c(F)cc(CNNc3ccccc3)cc2F)OC1(C)C. The number of hydrogen-bond donors (Lipinski definition) is 2. The first-order valence-electron chi connectivity index (χ1n) is 8.57. The standard InChI is InChI=1S/C19H23BF2N2O2/c1-18(2)19(3,4)26-20(25-18)17-15(21)10-13(11-16(17)22)12-23-24-14-8-6-5-7-9-14/h5-11,23-24H,12H2,1-4H3. The van der Waals surface area contributed by atoms with Crippen LogP contribution in [0.5, 0.6) is 0 Å². The van der Waals surface area contributed by atoms with Crippen molar-refractivity contribution in [3.63, 3.8) is 0 Å². The molecule has 7 heteroatoms. The molecule has 0 saturated carbocycles. The Balaban J connectivity index is 1.71. The van der Waals surface area contributed by atoms with Crippen molar-refractivity contribution in [3.8, 4) is 0 Å². The molecule has 0 spiro atoms. The third-order valence-electron chi connectivity index (χ3n) is 4.93. The summed E-state index contributed by atoms with van der Waals surface area (Å²) in [5, 5.41) is 0. The Morgan fingerprint density at radius 3 is 2.00 bits per heavy atom. The van der Waals surface area contributed by atoms with Crippen molar-refractivity contribution in [2.24, 2.45) is 0 Å². The predicted molar refractivity (Wildman–Crippen MR) is 99.0 cm³/mol. The van der Waals surface area contributed by atoms with Crippen molar-refractivity contribution >= 4 is 18.3 Å². The van der Waals surface area contributed by atoms with Gasteiger partial charge in [-0.05, 0) is 57.5 Å². The second-order valence-corrected chi connectivity index (χ2v) is 7.41. The van der Waals surface area contributed by atoms with Crippen LogP contribution in [0.15, 0.2) is 42.5 Å². The van der Waals surface area contributed by atoms with Gasteiger partial charge in [0.05, 0.1) is 16.7 Å². The summed E-state index contributed by atoms with van der Waals surface area (Å²) < 4.78 is 40.7. The minimum absolute atomic E-state index is 0.191. The fourth-order valence-corrected chi connectivity index (χ4v) is 2.69. The molecule has 0 aliphatic carbocycles. The van der Waals surface area contributed by atoms with Gasteiger partial charge in [-0.25, -0.2) is 14.2 Å². The van der Waals surface area contributed by atoms with Gasteiger partial charge in [-0.3, -0.25) is 0 Å². The Morgan fingerprint density at radius 1 is 0.923 bits per heavy atom. The van der Waals surface area contributed by atoms with E-state index in [0.717, 1.165) is 5.69 Å². The lowest BCUT2D eigenvalue weighted by molar-refractivity contribution is 0.00578. The van der Waals surface area contributed by atoms with Gasteiger partial charge in [0.2, 0.25) is 0 Å². The summed E-state index contributed by atoms with van der Waals surface area (Å²) >= 11 is 0. The lowest BCUT2D eigenvalue weighted by Gasteiger charge is -2.32. The minimum atomic E-state index is -1.07. The largest absolute Gasteiger partial charge is 0.500 e. The van der Waals surface area contributed by atoms with Crippen LogP contribution in [-0.4, -0.2) is 18.3 Å². The second-order valence-electron chi connectivity index (χ2n) is 7.41. The minimum Gasteiger partial charge on any atom is -0.399 e. The summed E-state index contributed by atoms with van der Waals surface area (Å²) in [6.45, 7) is 7.63. The third-order valence-corrected chi connectivity index (χ3v) is 4.93. The lowest BCUT2D eigenvalue weighted by Crippen LogP contribution is -2.41. The van der Waals surface area contributed by atoms with Crippen LogP contribution in [-0.2, 0) is 15.9 Å². The van der Waals surface area contributed by atoms with E-state index in [2.05, 4.69) is 10.9 Å². The van der Waals surface area contributed by atoms with Crippen molar-refractivity contribution < 1.29 is 18.1 Å². The van der Waals surface area contributed by atoms with Crippen LogP contribution in [0.3, 0.4) is 0 Å². The number of hydrazine groups is 1. The van der Waals surface area contributed by atoms with Gasteiger partial charge in [0, 0.05) is 12.2 Å². The number of halogens is 2. The maximum atomic E-state index is 14.6. The van der Waals surface area contributed by atoms with E-state index in [9.17, 15) is 8.78 Å². The normalized spacial score (nSPS) is 18.2. The zero-order chi connectivity index (χ0) is 18.9. The summed E-state index contributed by atoms with van der Waals surface area (Å²) in [7, 11) is -1.07. The highest BCUT2D eigenvalue weighted by molar-refractivity contribution is 6.62. The van der Waals surface area contributed by atoms with Gasteiger partial charge in [-0.15, -0.1) is 0 Å². The number of benzene rings is 2. The van der Waals surface area contributed by atoms with Crippen molar-refractivity contribution in [1.82, 2.24) is 5.43 Å². The summed E-state index contributed by atoms with van der Waals surface area (Å²) in [6, 6.07) is 12.0. The molecule has 26 heavy (non-hydrogen) atoms. The zero-order valence-corrected chi connectivity index (χ0v) is 15.4. The highest BCUT2D eigenvalue weighted by atomic mass is 19.1. The molecule has 1 fully saturated rings. The number of para-hydroxylation sites is 1. The molecular weight excluding hydrogens is 337 g/mol. The van der Waals surface area contributed by atoms with Crippen LogP contribution < -0.4 is 16.3 Å². The van der Waals surface area contributed by atoms with Crippen LogP contribution in [0.4, 0.5) is 14.5 Å². The van der Waals surface area contributed by atoms with Gasteiger partial charge < -0.3 is 14.7 Å². The van der Waals surface area contributed by atoms with Crippen LogP contribution in [0, 0.1) is 11.6 Å². The van der Waals surface area contributed by atoms with Crippen LogP contribution in [0.25, 0.3) is 0 Å². The van der Waals surface area contributed by atoms with Crippen LogP contribution in [0.1, 0.15) is 33.3 Å². The summed E-state index contributed by atoms with van der Waals surface area (Å²) in [4.78, 5) is 0. The third kappa shape index (κ3) is 3.75. The first-order chi connectivity index (χ1) is 12.2. The number of nitrogens with one attached hydrogen (secondary N) is 2. The molecule has 2 N–H and O–H groups in total. The molecule has 1 aliphatic rings. The van der Waals surface area contributed by atoms with Crippen molar-refractivity contribution in [1.29, 1.82) is 0 Å². The first kappa shape index (κ1) is 18.8. The summed E-state index contributed by atoms with van der Waals surface area (Å²) in [6.07, 6.45) is 0. The fraction of sp³-hybridized carbons (Fsp3) is 0.368. The quantitative estimate of drug-likeness (QED) is 0.634. The molecule has 1 saturated heterocycles.